The van der Waals surface area contributed by atoms with Crippen molar-refractivity contribution < 1.29 is 20.1 Å². The number of hydrogen-bond donors (Lipinski definition) is 4. The number of hydrogen-bond acceptors (Lipinski definition) is 6. The lowest BCUT2D eigenvalue weighted by Crippen LogP contribution is -2.18. The first-order chi connectivity index (χ1) is 10.9. The predicted molar refractivity (Wildman–Crippen MR) is 84.7 cm³/mol. The topological polar surface area (TPSA) is 115 Å². The number of benzene rings is 1. The molecule has 0 aliphatic heterocycles. The number of aliphatic hydroxyl groups excluding tert-OH is 1. The van der Waals surface area contributed by atoms with Crippen LogP contribution in [0.2, 0.25) is 5.02 Å². The van der Waals surface area contributed by atoms with Gasteiger partial charge in [0.2, 0.25) is 0 Å². The molecule has 7 nitrogen and oxygen atoms in total. The number of rotatable bonds is 4. The van der Waals surface area contributed by atoms with Crippen molar-refractivity contribution >= 4 is 23.7 Å². The number of nitrogens with zero attached hydrogens (tertiary/aromatic N) is 2. The lowest BCUT2D eigenvalue weighted by Gasteiger charge is -2.07. The number of aliphatic hydroxyl groups is 1. The van der Waals surface area contributed by atoms with Gasteiger partial charge >= 0.3 is 0 Å². The number of nitrogens with one attached hydrogen (secondary N) is 1. The Morgan fingerprint density at radius 1 is 1.43 bits per heavy atom. The third-order valence-electron chi connectivity index (χ3n) is 3.09. The summed E-state index contributed by atoms with van der Waals surface area (Å²) in [5.41, 5.74) is 3.20. The molecule has 0 unspecified atom stereocenters. The number of phenolic OH excluding ortho intramolecular Hbond substituents is 1. The van der Waals surface area contributed by atoms with Crippen LogP contribution in [0.1, 0.15) is 27.2 Å². The van der Waals surface area contributed by atoms with Gasteiger partial charge in [-0.1, -0.05) is 11.6 Å². The molecule has 0 atom stereocenters. The van der Waals surface area contributed by atoms with E-state index in [0.717, 1.165) is 0 Å². The maximum absolute atomic E-state index is 11.9. The van der Waals surface area contributed by atoms with Gasteiger partial charge in [0.1, 0.15) is 11.5 Å². The molecule has 2 rings (SSSR count). The summed E-state index contributed by atoms with van der Waals surface area (Å²) in [7, 11) is 0. The predicted octanol–water partition coefficient (Wildman–Crippen LogP) is 1.71. The van der Waals surface area contributed by atoms with Crippen molar-refractivity contribution in [3.05, 3.63) is 51.8 Å². The van der Waals surface area contributed by atoms with Crippen molar-refractivity contribution in [3.63, 3.8) is 0 Å². The average molecular weight is 336 g/mol. The Balaban J connectivity index is 2.19. The van der Waals surface area contributed by atoms with Gasteiger partial charge in [-0.05, 0) is 25.1 Å². The number of carbonyl (C=O) groups is 1. The molecule has 0 aliphatic carbocycles. The van der Waals surface area contributed by atoms with E-state index in [1.165, 1.54) is 30.6 Å². The molecule has 120 valence electrons. The zero-order valence-electron chi connectivity index (χ0n) is 12.1. The number of aromatic nitrogens is 1. The summed E-state index contributed by atoms with van der Waals surface area (Å²) in [6.07, 6.45) is 2.60. The summed E-state index contributed by atoms with van der Waals surface area (Å²) < 4.78 is 0. The largest absolute Gasteiger partial charge is 0.507 e. The van der Waals surface area contributed by atoms with Crippen molar-refractivity contribution in [2.45, 2.75) is 13.5 Å². The Bertz CT molecular complexity index is 778. The van der Waals surface area contributed by atoms with Gasteiger partial charge in [0.15, 0.2) is 0 Å². The second-order valence-corrected chi connectivity index (χ2v) is 5.09. The minimum atomic E-state index is -0.647. The summed E-state index contributed by atoms with van der Waals surface area (Å²) in [6, 6.07) is 4.06. The average Bonchev–Trinajstić information content (AvgIpc) is 2.51. The highest BCUT2D eigenvalue weighted by atomic mass is 35.5. The Morgan fingerprint density at radius 3 is 2.83 bits per heavy atom. The molecule has 0 saturated heterocycles. The molecule has 1 aromatic carbocycles. The van der Waals surface area contributed by atoms with Crippen molar-refractivity contribution in [3.8, 4) is 11.5 Å². The summed E-state index contributed by atoms with van der Waals surface area (Å²) in [6.45, 7) is 1.26. The zero-order chi connectivity index (χ0) is 17.0. The first kappa shape index (κ1) is 16.7. The van der Waals surface area contributed by atoms with Crippen LogP contribution < -0.4 is 5.43 Å². The van der Waals surface area contributed by atoms with Gasteiger partial charge < -0.3 is 15.3 Å². The van der Waals surface area contributed by atoms with Crippen LogP contribution in [0, 0.1) is 6.92 Å². The quantitative estimate of drug-likeness (QED) is 0.501. The van der Waals surface area contributed by atoms with Crippen LogP contribution in [-0.4, -0.2) is 32.4 Å². The zero-order valence-corrected chi connectivity index (χ0v) is 12.9. The lowest BCUT2D eigenvalue weighted by atomic mass is 10.1. The minimum absolute atomic E-state index is 0.00376. The van der Waals surface area contributed by atoms with Crippen molar-refractivity contribution in [1.82, 2.24) is 10.4 Å². The molecule has 0 bridgehead atoms. The molecular weight excluding hydrogens is 322 g/mol. The number of amides is 1. The summed E-state index contributed by atoms with van der Waals surface area (Å²) in [5, 5.41) is 32.9. The van der Waals surface area contributed by atoms with Gasteiger partial charge in [0.25, 0.3) is 5.91 Å². The van der Waals surface area contributed by atoms with Crippen LogP contribution in [0.5, 0.6) is 11.5 Å². The van der Waals surface area contributed by atoms with Crippen LogP contribution in [-0.2, 0) is 6.61 Å². The number of halogens is 1. The molecule has 0 aliphatic rings. The lowest BCUT2D eigenvalue weighted by molar-refractivity contribution is 0.0952. The molecule has 2 aromatic rings. The van der Waals surface area contributed by atoms with Crippen LogP contribution in [0.3, 0.4) is 0 Å². The summed E-state index contributed by atoms with van der Waals surface area (Å²) in [5.74, 6) is -1.06. The normalized spacial score (nSPS) is 10.9. The maximum atomic E-state index is 11.9. The molecule has 4 N–H and O–H groups in total. The highest BCUT2D eigenvalue weighted by Crippen LogP contribution is 2.23. The standard InChI is InChI=1S/C15H14ClN3O4/c1-8-14(22)12(9(7-20)5-17-8)6-18-19-15(23)11-3-2-10(16)4-13(11)21/h2-6,20-22H,7H2,1H3,(H,19,23). The molecule has 1 aromatic heterocycles. The molecule has 1 heterocycles. The smallest absolute Gasteiger partial charge is 0.275 e. The fourth-order valence-corrected chi connectivity index (χ4v) is 2.00. The molecule has 1 amide bonds. The first-order valence-corrected chi connectivity index (χ1v) is 6.92. The Kier molecular flexibility index (Phi) is 5.15. The van der Waals surface area contributed by atoms with Gasteiger partial charge in [-0.25, -0.2) is 5.43 Å². The second-order valence-electron chi connectivity index (χ2n) is 4.65. The fraction of sp³-hybridized carbons (Fsp3) is 0.133. The van der Waals surface area contributed by atoms with Gasteiger partial charge in [0.05, 0.1) is 24.1 Å². The summed E-state index contributed by atoms with van der Waals surface area (Å²) >= 11 is 5.69. The maximum Gasteiger partial charge on any atom is 0.275 e. The van der Waals surface area contributed by atoms with Gasteiger partial charge in [-0.2, -0.15) is 5.10 Å². The molecule has 0 spiro atoms. The fourth-order valence-electron chi connectivity index (χ4n) is 1.83. The van der Waals surface area contributed by atoms with Crippen LogP contribution in [0.15, 0.2) is 29.5 Å². The van der Waals surface area contributed by atoms with Crippen molar-refractivity contribution in [1.29, 1.82) is 0 Å². The number of pyridine rings is 1. The van der Waals surface area contributed by atoms with Crippen molar-refractivity contribution in [2.24, 2.45) is 5.10 Å². The second kappa shape index (κ2) is 7.08. The van der Waals surface area contributed by atoms with Crippen LogP contribution in [0.25, 0.3) is 0 Å². The monoisotopic (exact) mass is 335 g/mol. The van der Waals surface area contributed by atoms with E-state index in [-0.39, 0.29) is 29.2 Å². The molecular formula is C15H14ClN3O4. The molecule has 0 saturated carbocycles. The SMILES string of the molecule is Cc1ncc(CO)c(C=NNC(=O)c2ccc(Cl)cc2O)c1O. The van der Waals surface area contributed by atoms with E-state index in [0.29, 0.717) is 16.3 Å². The van der Waals surface area contributed by atoms with Crippen LogP contribution in [0.4, 0.5) is 0 Å². The Labute approximate surface area is 136 Å². The number of aromatic hydroxyl groups is 2. The van der Waals surface area contributed by atoms with E-state index in [2.05, 4.69) is 15.5 Å². The van der Waals surface area contributed by atoms with E-state index in [9.17, 15) is 20.1 Å². The molecule has 8 heteroatoms. The van der Waals surface area contributed by atoms with E-state index in [1.54, 1.807) is 6.92 Å². The van der Waals surface area contributed by atoms with E-state index < -0.39 is 5.91 Å². The van der Waals surface area contributed by atoms with Crippen LogP contribution >= 0.6 is 11.6 Å². The minimum Gasteiger partial charge on any atom is -0.507 e. The highest BCUT2D eigenvalue weighted by molar-refractivity contribution is 6.30. The van der Waals surface area contributed by atoms with E-state index >= 15 is 0 Å². The molecule has 23 heavy (non-hydrogen) atoms. The first-order valence-electron chi connectivity index (χ1n) is 6.54. The summed E-state index contributed by atoms with van der Waals surface area (Å²) in [4.78, 5) is 15.8. The Hall–Kier alpha value is -2.64. The number of carbonyl (C=O) groups excluding carboxylic acids is 1. The number of aryl methyl sites for hydroxylation is 1. The van der Waals surface area contributed by atoms with E-state index in [1.807, 2.05) is 0 Å². The molecule has 0 fully saturated rings. The van der Waals surface area contributed by atoms with Gasteiger partial charge in [0, 0.05) is 22.3 Å². The third-order valence-corrected chi connectivity index (χ3v) is 3.33. The highest BCUT2D eigenvalue weighted by Gasteiger charge is 2.12. The molecule has 0 radical (unpaired) electrons. The van der Waals surface area contributed by atoms with Crippen molar-refractivity contribution in [2.75, 3.05) is 0 Å². The number of phenols is 1. The van der Waals surface area contributed by atoms with Gasteiger partial charge in [-0.15, -0.1) is 0 Å². The third kappa shape index (κ3) is 3.77. The number of hydrazone groups is 1. The van der Waals surface area contributed by atoms with E-state index in [4.69, 9.17) is 11.6 Å². The Morgan fingerprint density at radius 2 is 2.17 bits per heavy atom. The van der Waals surface area contributed by atoms with Gasteiger partial charge in [-0.3, -0.25) is 9.78 Å².